The van der Waals surface area contributed by atoms with Crippen LogP contribution in [-0.4, -0.2) is 26.0 Å². The van der Waals surface area contributed by atoms with Crippen LogP contribution in [0, 0.1) is 17.0 Å². The molecule has 172 valence electrons. The van der Waals surface area contributed by atoms with Gasteiger partial charge in [-0.25, -0.2) is 4.98 Å². The van der Waals surface area contributed by atoms with Gasteiger partial charge in [0.1, 0.15) is 11.3 Å². The molecule has 3 N–H and O–H groups in total. The lowest BCUT2D eigenvalue weighted by atomic mass is 10.1. The first-order valence-corrected chi connectivity index (χ1v) is 10.8. The summed E-state index contributed by atoms with van der Waals surface area (Å²) in [4.78, 5) is 27.6. The van der Waals surface area contributed by atoms with Gasteiger partial charge in [-0.05, 0) is 61.5 Å². The van der Waals surface area contributed by atoms with E-state index < -0.39 is 10.8 Å². The van der Waals surface area contributed by atoms with Gasteiger partial charge >= 0.3 is 0 Å². The lowest BCUT2D eigenvalue weighted by Crippen LogP contribution is -2.34. The Morgan fingerprint density at radius 2 is 2.00 bits per heavy atom. The predicted molar refractivity (Wildman–Crippen MR) is 132 cm³/mol. The fourth-order valence-electron chi connectivity index (χ4n) is 3.50. The molecule has 1 amide bonds. The number of anilines is 1. The summed E-state index contributed by atoms with van der Waals surface area (Å²) in [6, 6.07) is 14.7. The summed E-state index contributed by atoms with van der Waals surface area (Å²) in [5, 5.41) is 26.9. The first-order chi connectivity index (χ1) is 16.3. The number of aromatic nitrogens is 1. The maximum atomic E-state index is 12.5. The van der Waals surface area contributed by atoms with Gasteiger partial charge in [-0.15, -0.1) is 0 Å². The quantitative estimate of drug-likeness (QED) is 0.206. The van der Waals surface area contributed by atoms with Gasteiger partial charge in [0, 0.05) is 28.9 Å². The highest BCUT2D eigenvalue weighted by Crippen LogP contribution is 2.33. The number of aromatic hydroxyl groups is 1. The first-order valence-electron chi connectivity index (χ1n) is 10.4. The molecule has 0 atom stereocenters. The van der Waals surface area contributed by atoms with Crippen LogP contribution in [0.2, 0.25) is 0 Å². The standard InChI is InChI=1S/C24H20N4O5S/c1-3-14-7-10-21-18(11-14)26-23(33-21)17-9-8-15(12-20(17)29)25-24(34)27-22(30)16-5-4-6-19(13(16)2)28(31)32/h4-12,29H,3H2,1-2H3,(H2,25,27,30,34). The Kier molecular flexibility index (Phi) is 6.24. The molecule has 0 unspecified atom stereocenters. The lowest BCUT2D eigenvalue weighted by Gasteiger charge is -2.12. The number of nitro benzene ring substituents is 1. The number of nitrogens with zero attached hydrogens (tertiary/aromatic N) is 2. The van der Waals surface area contributed by atoms with E-state index in [0.717, 1.165) is 12.0 Å². The predicted octanol–water partition coefficient (Wildman–Crippen LogP) is 5.11. The highest BCUT2D eigenvalue weighted by molar-refractivity contribution is 7.80. The number of amides is 1. The number of aryl methyl sites for hydroxylation is 1. The molecule has 0 bridgehead atoms. The van der Waals surface area contributed by atoms with Gasteiger partial charge in [0.2, 0.25) is 5.89 Å². The third-order valence-electron chi connectivity index (χ3n) is 5.32. The van der Waals surface area contributed by atoms with Crippen LogP contribution in [0.15, 0.2) is 59.0 Å². The smallest absolute Gasteiger partial charge is 0.273 e. The van der Waals surface area contributed by atoms with Crippen LogP contribution < -0.4 is 10.6 Å². The summed E-state index contributed by atoms with van der Waals surface area (Å²) in [6.07, 6.45) is 0.876. The SMILES string of the molecule is CCc1ccc2oc(-c3ccc(NC(=S)NC(=O)c4cccc([N+](=O)[O-])c4C)cc3O)nc2c1. The second-order valence-electron chi connectivity index (χ2n) is 7.52. The molecule has 34 heavy (non-hydrogen) atoms. The van der Waals surface area contributed by atoms with E-state index in [0.29, 0.717) is 22.4 Å². The fraction of sp³-hybridized carbons (Fsp3) is 0.125. The molecule has 3 aromatic carbocycles. The number of benzene rings is 3. The van der Waals surface area contributed by atoms with Crippen LogP contribution in [0.1, 0.15) is 28.4 Å². The molecular formula is C24H20N4O5S. The minimum atomic E-state index is -0.586. The van der Waals surface area contributed by atoms with Crippen LogP contribution in [-0.2, 0) is 6.42 Å². The van der Waals surface area contributed by atoms with Gasteiger partial charge in [0.05, 0.1) is 10.5 Å². The van der Waals surface area contributed by atoms with Gasteiger partial charge in [-0.2, -0.15) is 0 Å². The third kappa shape index (κ3) is 4.57. The maximum absolute atomic E-state index is 12.5. The topological polar surface area (TPSA) is 131 Å². The van der Waals surface area contributed by atoms with Crippen LogP contribution in [0.4, 0.5) is 11.4 Å². The Morgan fingerprint density at radius 3 is 2.71 bits per heavy atom. The molecule has 10 heteroatoms. The third-order valence-corrected chi connectivity index (χ3v) is 5.52. The number of phenols is 1. The summed E-state index contributed by atoms with van der Waals surface area (Å²) in [5.41, 5.74) is 3.50. The minimum absolute atomic E-state index is 0.0305. The fourth-order valence-corrected chi connectivity index (χ4v) is 3.71. The number of carbonyl (C=O) groups is 1. The van der Waals surface area contributed by atoms with Crippen molar-refractivity contribution in [2.24, 2.45) is 0 Å². The van der Waals surface area contributed by atoms with E-state index >= 15 is 0 Å². The number of carbonyl (C=O) groups excluding carboxylic acids is 1. The zero-order valence-corrected chi connectivity index (χ0v) is 19.1. The largest absolute Gasteiger partial charge is 0.507 e. The number of rotatable bonds is 5. The highest BCUT2D eigenvalue weighted by atomic mass is 32.1. The van der Waals surface area contributed by atoms with Gasteiger partial charge in [-0.3, -0.25) is 20.2 Å². The Bertz CT molecular complexity index is 1450. The minimum Gasteiger partial charge on any atom is -0.507 e. The Balaban J connectivity index is 1.48. The monoisotopic (exact) mass is 476 g/mol. The van der Waals surface area contributed by atoms with Crippen molar-refractivity contribution in [3.05, 3.63) is 81.4 Å². The molecule has 0 saturated carbocycles. The summed E-state index contributed by atoms with van der Waals surface area (Å²) in [6.45, 7) is 3.55. The summed E-state index contributed by atoms with van der Waals surface area (Å²) in [5.74, 6) is -0.391. The molecule has 4 rings (SSSR count). The van der Waals surface area contributed by atoms with E-state index in [1.54, 1.807) is 12.1 Å². The van der Waals surface area contributed by atoms with E-state index in [-0.39, 0.29) is 33.6 Å². The van der Waals surface area contributed by atoms with E-state index in [4.69, 9.17) is 16.6 Å². The molecular weight excluding hydrogens is 456 g/mol. The Hall–Kier alpha value is -4.31. The number of hydrogen-bond acceptors (Lipinski definition) is 7. The Labute approximate surface area is 199 Å². The summed E-state index contributed by atoms with van der Waals surface area (Å²) in [7, 11) is 0. The zero-order valence-electron chi connectivity index (χ0n) is 18.3. The van der Waals surface area contributed by atoms with E-state index in [1.807, 2.05) is 18.2 Å². The van der Waals surface area contributed by atoms with Gasteiger partial charge in [-0.1, -0.05) is 19.1 Å². The maximum Gasteiger partial charge on any atom is 0.273 e. The summed E-state index contributed by atoms with van der Waals surface area (Å²) < 4.78 is 5.77. The van der Waals surface area contributed by atoms with Crippen molar-refractivity contribution < 1.29 is 19.2 Å². The molecule has 0 aliphatic rings. The normalized spacial score (nSPS) is 10.8. The van der Waals surface area contributed by atoms with Crippen LogP contribution >= 0.6 is 12.2 Å². The van der Waals surface area contributed by atoms with Crippen molar-refractivity contribution in [2.75, 3.05) is 5.32 Å². The number of hydrogen-bond donors (Lipinski definition) is 3. The Morgan fingerprint density at radius 1 is 1.21 bits per heavy atom. The number of phenolic OH excluding ortho intramolecular Hbond substituents is 1. The molecule has 0 radical (unpaired) electrons. The van der Waals surface area contributed by atoms with Crippen LogP contribution in [0.25, 0.3) is 22.6 Å². The molecule has 1 heterocycles. The first kappa shape index (κ1) is 22.9. The van der Waals surface area contributed by atoms with Gasteiger partial charge < -0.3 is 14.8 Å². The van der Waals surface area contributed by atoms with Crippen LogP contribution in [0.3, 0.4) is 0 Å². The van der Waals surface area contributed by atoms with Gasteiger partial charge in [0.25, 0.3) is 11.6 Å². The van der Waals surface area contributed by atoms with Crippen molar-refractivity contribution >= 4 is 45.7 Å². The second kappa shape index (κ2) is 9.28. The van der Waals surface area contributed by atoms with E-state index in [1.165, 1.54) is 31.2 Å². The molecule has 1 aromatic heterocycles. The summed E-state index contributed by atoms with van der Waals surface area (Å²) >= 11 is 5.19. The van der Waals surface area contributed by atoms with Gasteiger partial charge in [0.15, 0.2) is 10.7 Å². The molecule has 0 spiro atoms. The molecule has 0 aliphatic heterocycles. The molecule has 0 aliphatic carbocycles. The van der Waals surface area contributed by atoms with Crippen molar-refractivity contribution in [3.8, 4) is 17.2 Å². The number of fused-ring (bicyclic) bond motifs is 1. The number of thiocarbonyl (C=S) groups is 1. The number of nitro groups is 1. The highest BCUT2D eigenvalue weighted by Gasteiger charge is 2.19. The number of oxazole rings is 1. The zero-order chi connectivity index (χ0) is 24.4. The van der Waals surface area contributed by atoms with Crippen LogP contribution in [0.5, 0.6) is 5.75 Å². The van der Waals surface area contributed by atoms with Crippen molar-refractivity contribution in [1.82, 2.24) is 10.3 Å². The second-order valence-corrected chi connectivity index (χ2v) is 7.93. The molecule has 0 saturated heterocycles. The van der Waals surface area contributed by atoms with E-state index in [2.05, 4.69) is 22.5 Å². The van der Waals surface area contributed by atoms with Crippen molar-refractivity contribution in [1.29, 1.82) is 0 Å². The molecule has 4 aromatic rings. The average Bonchev–Trinajstić information content (AvgIpc) is 3.21. The molecule has 0 fully saturated rings. The van der Waals surface area contributed by atoms with Crippen molar-refractivity contribution in [3.63, 3.8) is 0 Å². The van der Waals surface area contributed by atoms with Crippen molar-refractivity contribution in [2.45, 2.75) is 20.3 Å². The van der Waals surface area contributed by atoms with E-state index in [9.17, 15) is 20.0 Å². The number of nitrogens with one attached hydrogen (secondary N) is 2. The molecule has 9 nitrogen and oxygen atoms in total. The average molecular weight is 477 g/mol. The lowest BCUT2D eigenvalue weighted by molar-refractivity contribution is -0.385.